The third-order valence-electron chi connectivity index (χ3n) is 3.88. The molecule has 118 valence electrons. The molecule has 0 radical (unpaired) electrons. The van der Waals surface area contributed by atoms with Crippen molar-refractivity contribution in [2.45, 2.75) is 6.54 Å². The number of halogens is 2. The minimum absolute atomic E-state index is 0.253. The molecule has 5 nitrogen and oxygen atoms in total. The Morgan fingerprint density at radius 1 is 1.32 bits per heavy atom. The molecule has 1 N–H and O–H groups in total. The van der Waals surface area contributed by atoms with Crippen molar-refractivity contribution in [3.63, 3.8) is 0 Å². The van der Waals surface area contributed by atoms with Gasteiger partial charge in [0.05, 0.1) is 11.6 Å². The zero-order valence-electron chi connectivity index (χ0n) is 11.9. The molecule has 3 rings (SSSR count). The molecule has 2 aromatic rings. The van der Waals surface area contributed by atoms with Crippen molar-refractivity contribution in [2.75, 3.05) is 32.8 Å². The summed E-state index contributed by atoms with van der Waals surface area (Å²) in [4.78, 5) is 15.2. The number of furan rings is 1. The standard InChI is InChI=1S/C15H16ClFN2O3/c16-15-11-7-10(17)1-2-12(11)22-13(15)8-18-3-5-19(6-4-18)14(21)9-20/h1-2,7,20H,3-6,8-9H2. The van der Waals surface area contributed by atoms with Crippen LogP contribution in [0.3, 0.4) is 0 Å². The molecule has 22 heavy (non-hydrogen) atoms. The van der Waals surface area contributed by atoms with Crippen LogP contribution in [-0.2, 0) is 11.3 Å². The lowest BCUT2D eigenvalue weighted by molar-refractivity contribution is -0.136. The van der Waals surface area contributed by atoms with Crippen molar-refractivity contribution >= 4 is 28.5 Å². The van der Waals surface area contributed by atoms with Crippen molar-refractivity contribution in [3.8, 4) is 0 Å². The van der Waals surface area contributed by atoms with Gasteiger partial charge in [0.15, 0.2) is 0 Å². The Morgan fingerprint density at radius 2 is 2.05 bits per heavy atom. The molecule has 1 aromatic carbocycles. The molecule has 1 aliphatic rings. The second-order valence-electron chi connectivity index (χ2n) is 5.29. The summed E-state index contributed by atoms with van der Waals surface area (Å²) in [5, 5.41) is 9.87. The van der Waals surface area contributed by atoms with Crippen molar-refractivity contribution in [1.29, 1.82) is 0 Å². The Labute approximate surface area is 131 Å². The number of rotatable bonds is 3. The van der Waals surface area contributed by atoms with Crippen LogP contribution in [0.4, 0.5) is 4.39 Å². The van der Waals surface area contributed by atoms with Crippen LogP contribution in [0.5, 0.6) is 0 Å². The minimum Gasteiger partial charge on any atom is -0.458 e. The first kappa shape index (κ1) is 15.3. The second kappa shape index (κ2) is 6.24. The number of aliphatic hydroxyl groups is 1. The van der Waals surface area contributed by atoms with Gasteiger partial charge in [-0.1, -0.05) is 11.6 Å². The van der Waals surface area contributed by atoms with E-state index in [9.17, 15) is 9.18 Å². The normalized spacial score (nSPS) is 16.4. The Kier molecular flexibility index (Phi) is 4.33. The lowest BCUT2D eigenvalue weighted by Gasteiger charge is -2.33. The molecule has 0 atom stereocenters. The summed E-state index contributed by atoms with van der Waals surface area (Å²) in [5.41, 5.74) is 0.565. The van der Waals surface area contributed by atoms with Gasteiger partial charge in [-0.3, -0.25) is 9.69 Å². The average molecular weight is 327 g/mol. The number of carbonyl (C=O) groups is 1. The first-order valence-electron chi connectivity index (χ1n) is 7.06. The Hall–Kier alpha value is -1.63. The number of hydrogen-bond acceptors (Lipinski definition) is 4. The maximum atomic E-state index is 13.3. The number of nitrogens with zero attached hydrogens (tertiary/aromatic N) is 2. The largest absolute Gasteiger partial charge is 0.458 e. The summed E-state index contributed by atoms with van der Waals surface area (Å²) in [6, 6.07) is 4.27. The molecular formula is C15H16ClFN2O3. The van der Waals surface area contributed by atoms with Crippen LogP contribution in [0, 0.1) is 5.82 Å². The molecule has 0 unspecified atom stereocenters. The number of carbonyl (C=O) groups excluding carboxylic acids is 1. The predicted octanol–water partition coefficient (Wildman–Crippen LogP) is 1.86. The molecule has 0 bridgehead atoms. The molecular weight excluding hydrogens is 311 g/mol. The van der Waals surface area contributed by atoms with E-state index in [1.165, 1.54) is 12.1 Å². The predicted molar refractivity (Wildman–Crippen MR) is 80.1 cm³/mol. The lowest BCUT2D eigenvalue weighted by Crippen LogP contribution is -2.49. The monoisotopic (exact) mass is 326 g/mol. The van der Waals surface area contributed by atoms with Crippen LogP contribution < -0.4 is 0 Å². The number of benzene rings is 1. The molecule has 0 saturated carbocycles. The summed E-state index contributed by atoms with van der Waals surface area (Å²) in [7, 11) is 0. The second-order valence-corrected chi connectivity index (χ2v) is 5.67. The van der Waals surface area contributed by atoms with Crippen LogP contribution in [0.15, 0.2) is 22.6 Å². The molecule has 1 aliphatic heterocycles. The van der Waals surface area contributed by atoms with E-state index in [2.05, 4.69) is 4.90 Å². The first-order valence-corrected chi connectivity index (χ1v) is 7.43. The van der Waals surface area contributed by atoms with Crippen LogP contribution in [0.1, 0.15) is 5.76 Å². The zero-order chi connectivity index (χ0) is 15.7. The fraction of sp³-hybridized carbons (Fsp3) is 0.400. The fourth-order valence-electron chi connectivity index (χ4n) is 2.65. The molecule has 7 heteroatoms. The van der Waals surface area contributed by atoms with Crippen molar-refractivity contribution in [1.82, 2.24) is 9.80 Å². The van der Waals surface area contributed by atoms with Crippen LogP contribution >= 0.6 is 11.6 Å². The average Bonchev–Trinajstić information content (AvgIpc) is 2.83. The van der Waals surface area contributed by atoms with E-state index in [0.29, 0.717) is 54.5 Å². The van der Waals surface area contributed by atoms with Gasteiger partial charge in [-0.25, -0.2) is 4.39 Å². The molecule has 1 amide bonds. The van der Waals surface area contributed by atoms with Crippen molar-refractivity contribution < 1.29 is 18.7 Å². The Balaban J connectivity index is 1.70. The highest BCUT2D eigenvalue weighted by atomic mass is 35.5. The van der Waals surface area contributed by atoms with Gasteiger partial charge in [0.1, 0.15) is 23.8 Å². The Morgan fingerprint density at radius 3 is 2.73 bits per heavy atom. The highest BCUT2D eigenvalue weighted by molar-refractivity contribution is 6.36. The molecule has 1 fully saturated rings. The van der Waals surface area contributed by atoms with E-state index in [-0.39, 0.29) is 11.7 Å². The smallest absolute Gasteiger partial charge is 0.248 e. The number of aliphatic hydroxyl groups excluding tert-OH is 1. The number of fused-ring (bicyclic) bond motifs is 1. The van der Waals surface area contributed by atoms with E-state index < -0.39 is 6.61 Å². The molecule has 1 saturated heterocycles. The Bertz CT molecular complexity index is 695. The van der Waals surface area contributed by atoms with Gasteiger partial charge in [0.2, 0.25) is 5.91 Å². The zero-order valence-corrected chi connectivity index (χ0v) is 12.6. The molecule has 2 heterocycles. The number of piperazine rings is 1. The van der Waals surface area contributed by atoms with Gasteiger partial charge in [0.25, 0.3) is 0 Å². The summed E-state index contributed by atoms with van der Waals surface area (Å²) in [6.45, 7) is 2.52. The van der Waals surface area contributed by atoms with Gasteiger partial charge in [-0.15, -0.1) is 0 Å². The summed E-state index contributed by atoms with van der Waals surface area (Å²) >= 11 is 6.27. The SMILES string of the molecule is O=C(CO)N1CCN(Cc2oc3ccc(F)cc3c2Cl)CC1. The molecule has 0 aliphatic carbocycles. The topological polar surface area (TPSA) is 56.9 Å². The van der Waals surface area contributed by atoms with Gasteiger partial charge in [-0.2, -0.15) is 0 Å². The van der Waals surface area contributed by atoms with Crippen LogP contribution in [0.25, 0.3) is 11.0 Å². The highest BCUT2D eigenvalue weighted by Gasteiger charge is 2.22. The van der Waals surface area contributed by atoms with Gasteiger partial charge in [-0.05, 0) is 18.2 Å². The molecule has 1 aromatic heterocycles. The molecule has 0 spiro atoms. The third kappa shape index (κ3) is 2.95. The number of hydrogen-bond donors (Lipinski definition) is 1. The van der Waals surface area contributed by atoms with E-state index in [1.807, 2.05) is 0 Å². The van der Waals surface area contributed by atoms with Crippen LogP contribution in [-0.4, -0.2) is 53.6 Å². The van der Waals surface area contributed by atoms with Gasteiger partial charge >= 0.3 is 0 Å². The van der Waals surface area contributed by atoms with Crippen molar-refractivity contribution in [3.05, 3.63) is 34.8 Å². The van der Waals surface area contributed by atoms with Crippen molar-refractivity contribution in [2.24, 2.45) is 0 Å². The van der Waals surface area contributed by atoms with E-state index in [4.69, 9.17) is 21.1 Å². The lowest BCUT2D eigenvalue weighted by atomic mass is 10.2. The van der Waals surface area contributed by atoms with Gasteiger partial charge < -0.3 is 14.4 Å². The quantitative estimate of drug-likeness (QED) is 0.935. The van der Waals surface area contributed by atoms with E-state index in [1.54, 1.807) is 11.0 Å². The van der Waals surface area contributed by atoms with Gasteiger partial charge in [0, 0.05) is 31.6 Å². The number of amides is 1. The maximum Gasteiger partial charge on any atom is 0.248 e. The summed E-state index contributed by atoms with van der Waals surface area (Å²) in [5.74, 6) is -0.000948. The minimum atomic E-state index is -0.457. The summed E-state index contributed by atoms with van der Waals surface area (Å²) in [6.07, 6.45) is 0. The fourth-order valence-corrected chi connectivity index (χ4v) is 2.90. The van der Waals surface area contributed by atoms with E-state index in [0.717, 1.165) is 0 Å². The van der Waals surface area contributed by atoms with E-state index >= 15 is 0 Å². The third-order valence-corrected chi connectivity index (χ3v) is 4.30. The maximum absolute atomic E-state index is 13.3. The highest BCUT2D eigenvalue weighted by Crippen LogP contribution is 2.32. The van der Waals surface area contributed by atoms with Crippen LogP contribution in [0.2, 0.25) is 5.02 Å². The summed E-state index contributed by atoms with van der Waals surface area (Å²) < 4.78 is 19.0. The first-order chi connectivity index (χ1) is 10.6.